The van der Waals surface area contributed by atoms with E-state index in [-0.39, 0.29) is 120 Å². The molecule has 0 aliphatic rings. The van der Waals surface area contributed by atoms with Crippen LogP contribution in [-0.4, -0.2) is 181 Å². The molecule has 16 N–H and O–H groups in total. The molecule has 32 nitrogen and oxygen atoms in total. The van der Waals surface area contributed by atoms with Crippen LogP contribution in [0.5, 0.6) is 0 Å². The molecule has 8 amide bonds. The van der Waals surface area contributed by atoms with Crippen LogP contribution in [0.15, 0.2) is 41.5 Å². The fraction of sp³-hybridized carbons (Fsp3) is 0.511. The fourth-order valence-electron chi connectivity index (χ4n) is 7.04. The number of carbonyl (C=O) groups excluding carboxylic acids is 8. The first-order valence-electron chi connectivity index (χ1n) is 24.9. The van der Waals surface area contributed by atoms with Crippen LogP contribution in [0.4, 0.5) is 11.6 Å². The van der Waals surface area contributed by atoms with Crippen LogP contribution in [-0.2, 0) is 72.1 Å². The highest BCUT2D eigenvalue weighted by Gasteiger charge is 2.27. The van der Waals surface area contributed by atoms with Crippen molar-refractivity contribution < 1.29 is 67.6 Å². The summed E-state index contributed by atoms with van der Waals surface area (Å²) in [7, 11) is 0. The van der Waals surface area contributed by atoms with E-state index in [9.17, 15) is 58.2 Å². The Morgan fingerprint density at radius 2 is 1.48 bits per heavy atom. The highest BCUT2D eigenvalue weighted by molar-refractivity contribution is 5.97. The summed E-state index contributed by atoms with van der Waals surface area (Å²) in [6.07, 6.45) is 1.86. The Kier molecular flexibility index (Phi) is 26.0. The highest BCUT2D eigenvalue weighted by atomic mass is 16.5. The molecule has 32 heteroatoms. The number of aromatic amines is 1. The summed E-state index contributed by atoms with van der Waals surface area (Å²) >= 11 is 0. The molecule has 5 atom stereocenters. The van der Waals surface area contributed by atoms with E-state index in [2.05, 4.69) is 67.5 Å². The Morgan fingerprint density at radius 3 is 2.16 bits per heavy atom. The van der Waals surface area contributed by atoms with Crippen molar-refractivity contribution in [3.63, 3.8) is 0 Å². The zero-order chi connectivity index (χ0) is 57.9. The number of ether oxygens (including phenoxy) is 3. The van der Waals surface area contributed by atoms with Gasteiger partial charge in [0.2, 0.25) is 47.3 Å². The van der Waals surface area contributed by atoms with E-state index in [4.69, 9.17) is 31.4 Å². The largest absolute Gasteiger partial charge is 0.480 e. The lowest BCUT2D eigenvalue weighted by atomic mass is 10.1. The summed E-state index contributed by atoms with van der Waals surface area (Å²) < 4.78 is 17.5. The summed E-state index contributed by atoms with van der Waals surface area (Å²) in [4.78, 5) is 138. The zero-order valence-electron chi connectivity index (χ0n) is 43.5. The number of carboxylic acid groups (broad SMARTS) is 1. The van der Waals surface area contributed by atoms with E-state index in [1.165, 1.54) is 43.1 Å². The number of fused-ring (bicyclic) bond motifs is 1. The SMILES string of the molecule is C[C@H](O)CC(=O)N[C@H](C)C(=O)N[C@@H](CCCCn1cc(C[C@H](NC(=O)CC[C@H](NC(=O)c2ccc(NCc3cnc4nc(N)[nH]c(=O)c4n3)cc2)C(=O)O)C(N)=O)nn1)C(=O)NCCOCCOCCOCC(=O)NCC(N)=O. The molecule has 0 aliphatic carbocycles. The van der Waals surface area contributed by atoms with Gasteiger partial charge in [-0.3, -0.25) is 52.8 Å². The van der Waals surface area contributed by atoms with Gasteiger partial charge in [-0.05, 0) is 63.8 Å². The van der Waals surface area contributed by atoms with Crippen LogP contribution < -0.4 is 60.0 Å². The normalized spacial score (nSPS) is 12.9. The number of benzene rings is 1. The minimum absolute atomic E-state index is 0.00804. The second-order valence-corrected chi connectivity index (χ2v) is 17.7. The molecule has 1 aromatic carbocycles. The second-order valence-electron chi connectivity index (χ2n) is 17.7. The number of carbonyl (C=O) groups is 9. The number of nitrogens with one attached hydrogen (secondary N) is 8. The molecule has 0 radical (unpaired) electrons. The average Bonchev–Trinajstić information content (AvgIpc) is 3.84. The minimum Gasteiger partial charge on any atom is -0.480 e. The van der Waals surface area contributed by atoms with Gasteiger partial charge in [0.15, 0.2) is 11.2 Å². The third-order valence-electron chi connectivity index (χ3n) is 11.0. The van der Waals surface area contributed by atoms with Crippen LogP contribution >= 0.6 is 0 Å². The van der Waals surface area contributed by atoms with Crippen molar-refractivity contribution in [2.75, 3.05) is 63.8 Å². The van der Waals surface area contributed by atoms with Gasteiger partial charge >= 0.3 is 5.97 Å². The number of nitrogen functional groups attached to an aromatic ring is 1. The lowest BCUT2D eigenvalue weighted by Crippen LogP contribution is -2.53. The number of amides is 8. The predicted molar refractivity (Wildman–Crippen MR) is 276 cm³/mol. The topological polar surface area (TPSA) is 486 Å². The quantitative estimate of drug-likeness (QED) is 0.0189. The number of aryl methyl sites for hydroxylation is 1. The van der Waals surface area contributed by atoms with Crippen molar-refractivity contribution in [2.24, 2.45) is 11.5 Å². The van der Waals surface area contributed by atoms with Gasteiger partial charge in [0.1, 0.15) is 30.8 Å². The Labute approximate surface area is 450 Å². The van der Waals surface area contributed by atoms with Gasteiger partial charge in [-0.25, -0.2) is 14.8 Å². The zero-order valence-corrected chi connectivity index (χ0v) is 43.5. The molecule has 0 unspecified atom stereocenters. The summed E-state index contributed by atoms with van der Waals surface area (Å²) in [6, 6.07) is 1.23. The fourth-order valence-corrected chi connectivity index (χ4v) is 7.04. The van der Waals surface area contributed by atoms with Crippen molar-refractivity contribution >= 4 is 76.0 Å². The first kappa shape index (κ1) is 62.8. The van der Waals surface area contributed by atoms with E-state index >= 15 is 0 Å². The molecule has 3 aromatic heterocycles. The Hall–Kier alpha value is -8.75. The van der Waals surface area contributed by atoms with E-state index in [1.807, 2.05) is 0 Å². The Balaban J connectivity index is 1.19. The van der Waals surface area contributed by atoms with E-state index in [0.717, 1.165) is 0 Å². The number of nitrogens with two attached hydrogens (primary N) is 3. The van der Waals surface area contributed by atoms with E-state index < -0.39 is 95.5 Å². The number of aliphatic hydroxyl groups is 1. The van der Waals surface area contributed by atoms with Gasteiger partial charge in [0.25, 0.3) is 11.5 Å². The van der Waals surface area contributed by atoms with Gasteiger partial charge in [-0.1, -0.05) is 5.21 Å². The number of hydrogen-bond donors (Lipinski definition) is 13. The van der Waals surface area contributed by atoms with Crippen molar-refractivity contribution in [3.05, 3.63) is 64.0 Å². The van der Waals surface area contributed by atoms with Crippen LogP contribution in [0.3, 0.4) is 0 Å². The molecule has 0 fully saturated rings. The number of H-pyrrole nitrogens is 1. The molecule has 0 saturated carbocycles. The van der Waals surface area contributed by atoms with Crippen LogP contribution in [0.1, 0.15) is 74.1 Å². The minimum atomic E-state index is -1.48. The first-order chi connectivity index (χ1) is 37.7. The number of nitrogens with zero attached hydrogens (tertiary/aromatic N) is 6. The molecule has 3 heterocycles. The molecule has 0 spiro atoms. The van der Waals surface area contributed by atoms with E-state index in [0.29, 0.717) is 24.2 Å². The van der Waals surface area contributed by atoms with Gasteiger partial charge < -0.3 is 78.8 Å². The Bertz CT molecular complexity index is 2780. The number of hydrogen-bond acceptors (Lipinski definition) is 21. The van der Waals surface area contributed by atoms with Crippen molar-refractivity contribution in [2.45, 2.75) is 102 Å². The number of aliphatic hydroxyl groups excluding tert-OH is 1. The monoisotopic (exact) mass is 1110 g/mol. The number of unbranched alkanes of at least 4 members (excludes halogenated alkanes) is 1. The van der Waals surface area contributed by atoms with Gasteiger partial charge in [-0.2, -0.15) is 4.98 Å². The molecule has 0 aliphatic heterocycles. The van der Waals surface area contributed by atoms with Gasteiger partial charge in [-0.15, -0.1) is 5.10 Å². The molecule has 430 valence electrons. The maximum atomic E-state index is 13.3. The van der Waals surface area contributed by atoms with Crippen LogP contribution in [0.25, 0.3) is 11.2 Å². The average molecular weight is 1110 g/mol. The lowest BCUT2D eigenvalue weighted by molar-refractivity contribution is -0.139. The van der Waals surface area contributed by atoms with Gasteiger partial charge in [0, 0.05) is 43.4 Å². The molecular weight excluding hydrogens is 1040 g/mol. The van der Waals surface area contributed by atoms with Crippen molar-refractivity contribution in [3.8, 4) is 0 Å². The number of aromatic nitrogens is 7. The first-order valence-corrected chi connectivity index (χ1v) is 24.9. The summed E-state index contributed by atoms with van der Waals surface area (Å²) in [5, 5.41) is 45.6. The predicted octanol–water partition coefficient (Wildman–Crippen LogP) is -4.63. The summed E-state index contributed by atoms with van der Waals surface area (Å²) in [5.74, 6) is -6.76. The molecule has 79 heavy (non-hydrogen) atoms. The maximum absolute atomic E-state index is 13.3. The maximum Gasteiger partial charge on any atom is 0.326 e. The molecule has 4 rings (SSSR count). The lowest BCUT2D eigenvalue weighted by Gasteiger charge is -2.21. The number of aliphatic carboxylic acids is 1. The van der Waals surface area contributed by atoms with Gasteiger partial charge in [0.05, 0.1) is 76.2 Å². The van der Waals surface area contributed by atoms with Crippen molar-refractivity contribution in [1.82, 2.24) is 66.8 Å². The molecule has 4 aromatic rings. The third-order valence-corrected chi connectivity index (χ3v) is 11.0. The van der Waals surface area contributed by atoms with Crippen LogP contribution in [0.2, 0.25) is 0 Å². The highest BCUT2D eigenvalue weighted by Crippen LogP contribution is 2.13. The number of carboxylic acids is 1. The standard InChI is InChI=1S/C47H67N17O15/c1-26(65)19-37(68)55-27(2)42(71)58-32(44(73)51-12-14-77-15-16-78-17-18-79-25-38(69)53-23-35(48)66)5-3-4-13-64-24-30(62-63-64)20-34(40(49)70)57-36(67)11-10-33(46(75)76)59-43(72)28-6-8-29(9-7-28)52-21-31-22-54-41-39(56-31)45(74)61-47(50)60-41/h6-9,22,24,26-27,32-34,52,65H,3-5,10-21,23,25H2,1-2H3,(H2,48,66)(H2,49,70)(H,51,73)(H,53,69)(H,55,68)(H,57,67)(H,58,71)(H,59,72)(H,75,76)(H3,50,54,60,61,74)/t26-,27+,32-,33-,34-/m0/s1. The third kappa shape index (κ3) is 23.6. The number of primary amides is 2. The summed E-state index contributed by atoms with van der Waals surface area (Å²) in [6.45, 7) is 3.55. The van der Waals surface area contributed by atoms with Crippen molar-refractivity contribution in [1.29, 1.82) is 0 Å². The smallest absolute Gasteiger partial charge is 0.326 e. The molecule has 0 saturated heterocycles. The number of anilines is 2. The Morgan fingerprint density at radius 1 is 0.772 bits per heavy atom. The van der Waals surface area contributed by atoms with Crippen LogP contribution in [0, 0.1) is 0 Å². The number of rotatable bonds is 37. The second kappa shape index (κ2) is 32.7. The summed E-state index contributed by atoms with van der Waals surface area (Å²) in [5.41, 5.74) is 17.0. The van der Waals surface area contributed by atoms with E-state index in [1.54, 1.807) is 12.1 Å². The molecule has 0 bridgehead atoms. The molecular formula is C47H67N17O15.